The molecule has 4 rings (SSSR count). The number of carbonyl (C=O) groups is 2. The summed E-state index contributed by atoms with van der Waals surface area (Å²) in [6, 6.07) is 11.2. The molecule has 0 aliphatic carbocycles. The maximum atomic E-state index is 12.8. The number of methoxy groups -OCH3 is 1. The van der Waals surface area contributed by atoms with Gasteiger partial charge in [0.05, 0.1) is 7.11 Å². The number of nitrogens with zero attached hydrogens (tertiary/aromatic N) is 2. The number of pyridine rings is 1. The third-order valence-electron chi connectivity index (χ3n) is 5.75. The SMILES string of the molecule is COc1ccccc1OCC(=O)N1CCc2c(cnc(C)c2CNC(=O)C=Cc2cccs2)C1. The van der Waals surface area contributed by atoms with E-state index in [4.69, 9.17) is 9.47 Å². The van der Waals surface area contributed by atoms with Gasteiger partial charge in [-0.3, -0.25) is 14.6 Å². The van der Waals surface area contributed by atoms with Crippen molar-refractivity contribution in [3.05, 3.63) is 81.3 Å². The number of benzene rings is 1. The smallest absolute Gasteiger partial charge is 0.260 e. The van der Waals surface area contributed by atoms with Gasteiger partial charge in [0.25, 0.3) is 5.91 Å². The lowest BCUT2D eigenvalue weighted by molar-refractivity contribution is -0.134. The molecule has 0 atom stereocenters. The van der Waals surface area contributed by atoms with Crippen LogP contribution in [0.2, 0.25) is 0 Å². The van der Waals surface area contributed by atoms with Crippen LogP contribution in [0.1, 0.15) is 27.3 Å². The number of ether oxygens (including phenoxy) is 2. The Morgan fingerprint density at radius 3 is 2.79 bits per heavy atom. The molecule has 34 heavy (non-hydrogen) atoms. The molecule has 0 fully saturated rings. The number of hydrogen-bond acceptors (Lipinski definition) is 6. The number of fused-ring (bicyclic) bond motifs is 1. The molecular formula is C26H27N3O4S. The third kappa shape index (κ3) is 5.63. The van der Waals surface area contributed by atoms with E-state index in [2.05, 4.69) is 10.3 Å². The number of thiophene rings is 1. The Bertz CT molecular complexity index is 1190. The van der Waals surface area contributed by atoms with E-state index in [0.29, 0.717) is 37.6 Å². The van der Waals surface area contributed by atoms with E-state index in [0.717, 1.165) is 27.3 Å². The fourth-order valence-electron chi connectivity index (χ4n) is 3.92. The van der Waals surface area contributed by atoms with Gasteiger partial charge in [0.2, 0.25) is 5.91 Å². The lowest BCUT2D eigenvalue weighted by Crippen LogP contribution is -2.39. The van der Waals surface area contributed by atoms with Crippen LogP contribution in [-0.4, -0.2) is 42.0 Å². The molecule has 3 aromatic rings. The molecule has 3 heterocycles. The summed E-state index contributed by atoms with van der Waals surface area (Å²) in [6.45, 7) is 3.34. The molecule has 1 aromatic carbocycles. The largest absolute Gasteiger partial charge is 0.493 e. The maximum absolute atomic E-state index is 12.8. The van der Waals surface area contributed by atoms with E-state index < -0.39 is 0 Å². The Balaban J connectivity index is 1.37. The van der Waals surface area contributed by atoms with Crippen molar-refractivity contribution >= 4 is 29.2 Å². The number of aromatic nitrogens is 1. The standard InChI is InChI=1S/C26H27N3O4S/c1-18-22(15-28-25(30)10-9-20-6-5-13-34-20)21-11-12-29(16-19(21)14-27-18)26(31)17-33-24-8-4-3-7-23(24)32-2/h3-10,13-14H,11-12,15-17H2,1-2H3,(H,28,30). The van der Waals surface area contributed by atoms with Gasteiger partial charge in [0, 0.05) is 42.5 Å². The van der Waals surface area contributed by atoms with E-state index in [1.165, 1.54) is 0 Å². The average Bonchev–Trinajstić information content (AvgIpc) is 3.39. The minimum atomic E-state index is -0.147. The van der Waals surface area contributed by atoms with Crippen molar-refractivity contribution in [1.29, 1.82) is 0 Å². The van der Waals surface area contributed by atoms with Gasteiger partial charge in [0.15, 0.2) is 18.1 Å². The summed E-state index contributed by atoms with van der Waals surface area (Å²) in [5.74, 6) is 0.896. The van der Waals surface area contributed by atoms with E-state index in [1.807, 2.05) is 48.8 Å². The molecule has 1 aliphatic heterocycles. The van der Waals surface area contributed by atoms with Gasteiger partial charge in [-0.25, -0.2) is 0 Å². The van der Waals surface area contributed by atoms with Crippen molar-refractivity contribution in [3.63, 3.8) is 0 Å². The van der Waals surface area contributed by atoms with Crippen molar-refractivity contribution in [1.82, 2.24) is 15.2 Å². The summed E-state index contributed by atoms with van der Waals surface area (Å²) in [6.07, 6.45) is 5.89. The zero-order valence-corrected chi connectivity index (χ0v) is 20.1. The molecule has 1 aliphatic rings. The van der Waals surface area contributed by atoms with E-state index >= 15 is 0 Å². The van der Waals surface area contributed by atoms with Gasteiger partial charge in [-0.1, -0.05) is 18.2 Å². The predicted molar refractivity (Wildman–Crippen MR) is 132 cm³/mol. The summed E-state index contributed by atoms with van der Waals surface area (Å²) in [5.41, 5.74) is 4.07. The molecular weight excluding hydrogens is 450 g/mol. The Morgan fingerprint density at radius 1 is 1.21 bits per heavy atom. The second-order valence-electron chi connectivity index (χ2n) is 7.90. The molecule has 2 amide bonds. The predicted octanol–water partition coefficient (Wildman–Crippen LogP) is 3.75. The topological polar surface area (TPSA) is 80.8 Å². The van der Waals surface area contributed by atoms with Crippen molar-refractivity contribution in [2.45, 2.75) is 26.4 Å². The number of hydrogen-bond donors (Lipinski definition) is 1. The molecule has 0 unspecified atom stereocenters. The Morgan fingerprint density at radius 2 is 2.03 bits per heavy atom. The van der Waals surface area contributed by atoms with Crippen molar-refractivity contribution in [2.75, 3.05) is 20.3 Å². The second kappa shape index (κ2) is 11.0. The zero-order valence-electron chi connectivity index (χ0n) is 19.2. The van der Waals surface area contributed by atoms with Gasteiger partial charge >= 0.3 is 0 Å². The monoisotopic (exact) mass is 477 g/mol. The van der Waals surface area contributed by atoms with Gasteiger partial charge in [-0.2, -0.15) is 0 Å². The number of nitrogens with one attached hydrogen (secondary N) is 1. The highest BCUT2D eigenvalue weighted by atomic mass is 32.1. The highest BCUT2D eigenvalue weighted by molar-refractivity contribution is 7.10. The summed E-state index contributed by atoms with van der Waals surface area (Å²) in [7, 11) is 1.57. The Kier molecular flexibility index (Phi) is 7.59. The van der Waals surface area contributed by atoms with E-state index in [1.54, 1.807) is 41.6 Å². The molecule has 0 saturated carbocycles. The van der Waals surface area contributed by atoms with Crippen molar-refractivity contribution in [3.8, 4) is 11.5 Å². The number of aryl methyl sites for hydroxylation is 1. The summed E-state index contributed by atoms with van der Waals surface area (Å²) in [4.78, 5) is 32.4. The van der Waals surface area contributed by atoms with Crippen LogP contribution in [0.4, 0.5) is 0 Å². The number of amides is 2. The quantitative estimate of drug-likeness (QED) is 0.500. The van der Waals surface area contributed by atoms with Crippen molar-refractivity contribution < 1.29 is 19.1 Å². The first-order valence-electron chi connectivity index (χ1n) is 11.0. The van der Waals surface area contributed by atoms with Crippen LogP contribution in [0.3, 0.4) is 0 Å². The van der Waals surface area contributed by atoms with Crippen molar-refractivity contribution in [2.24, 2.45) is 0 Å². The van der Waals surface area contributed by atoms with Gasteiger partial charge in [-0.15, -0.1) is 11.3 Å². The van der Waals surface area contributed by atoms with Crippen LogP contribution < -0.4 is 14.8 Å². The van der Waals surface area contributed by atoms with E-state index in [9.17, 15) is 9.59 Å². The Labute approximate surface area is 203 Å². The normalized spacial score (nSPS) is 12.9. The molecule has 7 nitrogen and oxygen atoms in total. The summed E-state index contributed by atoms with van der Waals surface area (Å²) >= 11 is 1.58. The summed E-state index contributed by atoms with van der Waals surface area (Å²) in [5, 5.41) is 4.94. The molecule has 0 bridgehead atoms. The average molecular weight is 478 g/mol. The van der Waals surface area contributed by atoms with E-state index in [-0.39, 0.29) is 18.4 Å². The highest BCUT2D eigenvalue weighted by Crippen LogP contribution is 2.27. The zero-order chi connectivity index (χ0) is 23.9. The van der Waals surface area contributed by atoms with Crippen LogP contribution in [0, 0.1) is 6.92 Å². The number of rotatable bonds is 8. The van der Waals surface area contributed by atoms with Gasteiger partial charge in [-0.05, 0) is 59.7 Å². The van der Waals surface area contributed by atoms with Crippen LogP contribution >= 0.6 is 11.3 Å². The third-order valence-corrected chi connectivity index (χ3v) is 6.59. The lowest BCUT2D eigenvalue weighted by atomic mass is 9.95. The molecule has 0 spiro atoms. The lowest BCUT2D eigenvalue weighted by Gasteiger charge is -2.30. The van der Waals surface area contributed by atoms with Crippen LogP contribution in [-0.2, 0) is 29.1 Å². The number of carbonyl (C=O) groups excluding carboxylic acids is 2. The first kappa shape index (κ1) is 23.5. The minimum absolute atomic E-state index is 0.0610. The summed E-state index contributed by atoms with van der Waals surface area (Å²) < 4.78 is 11.0. The molecule has 1 N–H and O–H groups in total. The van der Waals surface area contributed by atoms with Gasteiger partial charge in [0.1, 0.15) is 0 Å². The molecule has 0 saturated heterocycles. The number of para-hydroxylation sites is 2. The van der Waals surface area contributed by atoms with Crippen LogP contribution in [0.25, 0.3) is 6.08 Å². The van der Waals surface area contributed by atoms with Crippen LogP contribution in [0.5, 0.6) is 11.5 Å². The fourth-order valence-corrected chi connectivity index (χ4v) is 4.53. The fraction of sp³-hybridized carbons (Fsp3) is 0.269. The van der Waals surface area contributed by atoms with Gasteiger partial charge < -0.3 is 19.7 Å². The maximum Gasteiger partial charge on any atom is 0.260 e. The minimum Gasteiger partial charge on any atom is -0.493 e. The molecule has 2 aromatic heterocycles. The molecule has 8 heteroatoms. The first-order valence-corrected chi connectivity index (χ1v) is 11.9. The molecule has 0 radical (unpaired) electrons. The van der Waals surface area contributed by atoms with Crippen LogP contribution in [0.15, 0.2) is 54.1 Å². The molecule has 176 valence electrons. The second-order valence-corrected chi connectivity index (χ2v) is 8.88. The highest BCUT2D eigenvalue weighted by Gasteiger charge is 2.24. The first-order chi connectivity index (χ1) is 16.5. The Hall–Kier alpha value is -3.65.